The standard InChI is InChI=1S/C20H23N3O7S/c1-21(14-15-2-5-18-19(12-15)30-11-10-29-18)17-4-3-16(23(24)25)13-20(17)31(26,27)22-6-8-28-9-7-22/h2-5,12-13H,6-11,14H2,1H3. The molecule has 11 heteroatoms. The van der Waals surface area contributed by atoms with Crippen LogP contribution in [0, 0.1) is 10.1 Å². The zero-order valence-electron chi connectivity index (χ0n) is 17.0. The average molecular weight is 449 g/mol. The first-order chi connectivity index (χ1) is 14.9. The number of fused-ring (bicyclic) bond motifs is 1. The van der Waals surface area contributed by atoms with Gasteiger partial charge in [0.05, 0.1) is 23.8 Å². The summed E-state index contributed by atoms with van der Waals surface area (Å²) in [4.78, 5) is 12.4. The Bertz CT molecular complexity index is 1080. The topological polar surface area (TPSA) is 111 Å². The van der Waals surface area contributed by atoms with E-state index in [1.807, 2.05) is 18.2 Å². The Morgan fingerprint density at radius 2 is 1.74 bits per heavy atom. The number of non-ortho nitro benzene ring substituents is 1. The molecule has 0 spiro atoms. The van der Waals surface area contributed by atoms with E-state index in [1.165, 1.54) is 16.4 Å². The number of hydrogen-bond donors (Lipinski definition) is 0. The van der Waals surface area contributed by atoms with Crippen molar-refractivity contribution >= 4 is 21.4 Å². The van der Waals surface area contributed by atoms with E-state index in [4.69, 9.17) is 14.2 Å². The molecular formula is C20H23N3O7S. The molecule has 0 saturated carbocycles. The fourth-order valence-electron chi connectivity index (χ4n) is 3.61. The molecule has 166 valence electrons. The Balaban J connectivity index is 1.67. The third kappa shape index (κ3) is 4.43. The summed E-state index contributed by atoms with van der Waals surface area (Å²) >= 11 is 0. The van der Waals surface area contributed by atoms with Crippen molar-refractivity contribution in [2.45, 2.75) is 11.4 Å². The van der Waals surface area contributed by atoms with E-state index in [0.717, 1.165) is 11.6 Å². The van der Waals surface area contributed by atoms with Gasteiger partial charge in [-0.15, -0.1) is 0 Å². The summed E-state index contributed by atoms with van der Waals surface area (Å²) in [5.41, 5.74) is 0.995. The second-order valence-corrected chi connectivity index (χ2v) is 9.17. The van der Waals surface area contributed by atoms with Gasteiger partial charge in [-0.2, -0.15) is 4.31 Å². The molecule has 1 fully saturated rings. The highest BCUT2D eigenvalue weighted by molar-refractivity contribution is 7.89. The van der Waals surface area contributed by atoms with Crippen LogP contribution >= 0.6 is 0 Å². The molecule has 2 aliphatic heterocycles. The minimum absolute atomic E-state index is 0.0938. The lowest BCUT2D eigenvalue weighted by molar-refractivity contribution is -0.385. The number of anilines is 1. The first-order valence-corrected chi connectivity index (χ1v) is 11.3. The number of morpholine rings is 1. The van der Waals surface area contributed by atoms with Crippen LogP contribution in [0.3, 0.4) is 0 Å². The predicted octanol–water partition coefficient (Wildman–Crippen LogP) is 2.02. The molecule has 0 amide bonds. The zero-order valence-corrected chi connectivity index (χ0v) is 17.8. The maximum atomic E-state index is 13.3. The maximum Gasteiger partial charge on any atom is 0.270 e. The molecule has 1 saturated heterocycles. The minimum Gasteiger partial charge on any atom is -0.486 e. The molecule has 31 heavy (non-hydrogen) atoms. The van der Waals surface area contributed by atoms with Gasteiger partial charge in [-0.1, -0.05) is 6.07 Å². The quantitative estimate of drug-likeness (QED) is 0.486. The SMILES string of the molecule is CN(Cc1ccc2c(c1)OCCO2)c1ccc([N+](=O)[O-])cc1S(=O)(=O)N1CCOCC1. The largest absolute Gasteiger partial charge is 0.486 e. The number of sulfonamides is 1. The monoisotopic (exact) mass is 449 g/mol. The molecule has 4 rings (SSSR count). The molecule has 0 atom stereocenters. The lowest BCUT2D eigenvalue weighted by Gasteiger charge is -2.29. The number of nitrogens with zero attached hydrogens (tertiary/aromatic N) is 3. The molecule has 0 aliphatic carbocycles. The molecule has 2 aromatic rings. The Kier molecular flexibility index (Phi) is 5.99. The molecule has 2 aromatic carbocycles. The van der Waals surface area contributed by atoms with E-state index in [1.54, 1.807) is 11.9 Å². The second kappa shape index (κ2) is 8.69. The summed E-state index contributed by atoms with van der Waals surface area (Å²) in [6, 6.07) is 9.47. The minimum atomic E-state index is -3.94. The van der Waals surface area contributed by atoms with Crippen LogP contribution in [0.5, 0.6) is 11.5 Å². The Hall–Kier alpha value is -2.89. The van der Waals surface area contributed by atoms with Crippen LogP contribution in [-0.4, -0.2) is 64.2 Å². The number of nitro benzene ring substituents is 1. The molecule has 2 heterocycles. The highest BCUT2D eigenvalue weighted by Crippen LogP contribution is 2.34. The number of rotatable bonds is 6. The molecular weight excluding hydrogens is 426 g/mol. The van der Waals surface area contributed by atoms with E-state index >= 15 is 0 Å². The van der Waals surface area contributed by atoms with Crippen molar-refractivity contribution in [3.05, 3.63) is 52.1 Å². The Morgan fingerprint density at radius 1 is 1.03 bits per heavy atom. The van der Waals surface area contributed by atoms with Gasteiger partial charge in [-0.3, -0.25) is 10.1 Å². The number of nitro groups is 1. The van der Waals surface area contributed by atoms with E-state index in [9.17, 15) is 18.5 Å². The zero-order chi connectivity index (χ0) is 22.0. The fraction of sp³-hybridized carbons (Fsp3) is 0.400. The Labute approximate surface area is 180 Å². The van der Waals surface area contributed by atoms with Gasteiger partial charge >= 0.3 is 0 Å². The normalized spacial score (nSPS) is 16.7. The van der Waals surface area contributed by atoms with E-state index in [0.29, 0.717) is 36.9 Å². The summed E-state index contributed by atoms with van der Waals surface area (Å²) in [5, 5.41) is 11.3. The van der Waals surface area contributed by atoms with Crippen molar-refractivity contribution in [1.82, 2.24) is 4.31 Å². The van der Waals surface area contributed by atoms with Crippen LogP contribution in [0.2, 0.25) is 0 Å². The molecule has 0 aromatic heterocycles. The van der Waals surface area contributed by atoms with Crippen LogP contribution in [-0.2, 0) is 21.3 Å². The molecule has 2 aliphatic rings. The molecule has 0 bridgehead atoms. The molecule has 0 radical (unpaired) electrons. The summed E-state index contributed by atoms with van der Waals surface area (Å²) in [5.74, 6) is 1.31. The first-order valence-electron chi connectivity index (χ1n) is 9.82. The number of ether oxygens (including phenoxy) is 3. The molecule has 0 N–H and O–H groups in total. The lowest BCUT2D eigenvalue weighted by atomic mass is 10.1. The third-order valence-electron chi connectivity index (χ3n) is 5.18. The summed E-state index contributed by atoms with van der Waals surface area (Å²) in [6.07, 6.45) is 0. The van der Waals surface area contributed by atoms with Crippen LogP contribution < -0.4 is 14.4 Å². The van der Waals surface area contributed by atoms with Gasteiger partial charge in [0, 0.05) is 38.8 Å². The first kappa shape index (κ1) is 21.3. The number of benzene rings is 2. The van der Waals surface area contributed by atoms with Crippen molar-refractivity contribution in [2.24, 2.45) is 0 Å². The Morgan fingerprint density at radius 3 is 2.45 bits per heavy atom. The smallest absolute Gasteiger partial charge is 0.270 e. The van der Waals surface area contributed by atoms with Crippen LogP contribution in [0.4, 0.5) is 11.4 Å². The van der Waals surface area contributed by atoms with Gasteiger partial charge in [0.25, 0.3) is 5.69 Å². The number of hydrogen-bond acceptors (Lipinski definition) is 8. The molecule has 10 nitrogen and oxygen atoms in total. The maximum absolute atomic E-state index is 13.3. The van der Waals surface area contributed by atoms with E-state index in [-0.39, 0.29) is 36.9 Å². The van der Waals surface area contributed by atoms with Crippen molar-refractivity contribution in [3.63, 3.8) is 0 Å². The van der Waals surface area contributed by atoms with Gasteiger partial charge in [0.2, 0.25) is 10.0 Å². The summed E-state index contributed by atoms with van der Waals surface area (Å²) in [6.45, 7) is 2.33. The van der Waals surface area contributed by atoms with Gasteiger partial charge in [-0.05, 0) is 23.8 Å². The van der Waals surface area contributed by atoms with Crippen LogP contribution in [0.1, 0.15) is 5.56 Å². The van der Waals surface area contributed by atoms with Crippen LogP contribution in [0.25, 0.3) is 0 Å². The van der Waals surface area contributed by atoms with Gasteiger partial charge in [0.1, 0.15) is 18.1 Å². The summed E-state index contributed by atoms with van der Waals surface area (Å²) < 4.78 is 44.3. The predicted molar refractivity (Wildman–Crippen MR) is 112 cm³/mol. The average Bonchev–Trinajstić information content (AvgIpc) is 2.79. The van der Waals surface area contributed by atoms with Crippen molar-refractivity contribution < 1.29 is 27.6 Å². The highest BCUT2D eigenvalue weighted by atomic mass is 32.2. The van der Waals surface area contributed by atoms with Gasteiger partial charge in [-0.25, -0.2) is 8.42 Å². The second-order valence-electron chi connectivity index (χ2n) is 7.26. The van der Waals surface area contributed by atoms with E-state index < -0.39 is 14.9 Å². The highest BCUT2D eigenvalue weighted by Gasteiger charge is 2.31. The van der Waals surface area contributed by atoms with Crippen molar-refractivity contribution in [3.8, 4) is 11.5 Å². The summed E-state index contributed by atoms with van der Waals surface area (Å²) in [7, 11) is -2.19. The van der Waals surface area contributed by atoms with Gasteiger partial charge < -0.3 is 19.1 Å². The fourth-order valence-corrected chi connectivity index (χ4v) is 5.28. The van der Waals surface area contributed by atoms with Crippen molar-refractivity contribution in [2.75, 3.05) is 51.5 Å². The molecule has 0 unspecified atom stereocenters. The van der Waals surface area contributed by atoms with Gasteiger partial charge in [0.15, 0.2) is 11.5 Å². The van der Waals surface area contributed by atoms with Crippen molar-refractivity contribution in [1.29, 1.82) is 0 Å². The lowest BCUT2D eigenvalue weighted by Crippen LogP contribution is -2.41. The van der Waals surface area contributed by atoms with Crippen LogP contribution in [0.15, 0.2) is 41.3 Å². The third-order valence-corrected chi connectivity index (χ3v) is 7.11. The van der Waals surface area contributed by atoms with E-state index in [2.05, 4.69) is 0 Å².